The van der Waals surface area contributed by atoms with Crippen molar-refractivity contribution in [3.05, 3.63) is 0 Å². The molecule has 108 valence electrons. The van der Waals surface area contributed by atoms with Crippen molar-refractivity contribution < 1.29 is 0 Å². The van der Waals surface area contributed by atoms with Crippen molar-refractivity contribution >= 4 is 34.8 Å². The van der Waals surface area contributed by atoms with E-state index < -0.39 is 3.79 Å². The summed E-state index contributed by atoms with van der Waals surface area (Å²) < 4.78 is -1.06. The summed E-state index contributed by atoms with van der Waals surface area (Å²) in [7, 11) is 0. The predicted octanol–water partition coefficient (Wildman–Crippen LogP) is 6.91. The zero-order valence-corrected chi connectivity index (χ0v) is 13.8. The van der Waals surface area contributed by atoms with Gasteiger partial charge in [-0.05, 0) is 12.3 Å². The second-order valence-electron chi connectivity index (χ2n) is 5.75. The first-order chi connectivity index (χ1) is 8.55. The third-order valence-electron chi connectivity index (χ3n) is 4.26. The van der Waals surface area contributed by atoms with Gasteiger partial charge in [-0.25, -0.2) is 0 Å². The largest absolute Gasteiger partial charge is 0.193 e. The number of hydrogen-bond acceptors (Lipinski definition) is 0. The van der Waals surface area contributed by atoms with Crippen LogP contribution >= 0.6 is 34.8 Å². The van der Waals surface area contributed by atoms with Crippen molar-refractivity contribution in [2.24, 2.45) is 11.8 Å². The second kappa shape index (κ2) is 8.93. The van der Waals surface area contributed by atoms with E-state index in [0.29, 0.717) is 5.92 Å². The van der Waals surface area contributed by atoms with Crippen LogP contribution in [0.3, 0.4) is 0 Å². The van der Waals surface area contributed by atoms with Crippen LogP contribution < -0.4 is 0 Å². The summed E-state index contributed by atoms with van der Waals surface area (Å²) >= 11 is 18.5. The van der Waals surface area contributed by atoms with Crippen LogP contribution in [0.25, 0.3) is 0 Å². The Morgan fingerprint density at radius 3 is 2.06 bits per heavy atom. The van der Waals surface area contributed by atoms with E-state index in [1.807, 2.05) is 0 Å². The van der Waals surface area contributed by atoms with Crippen LogP contribution in [-0.4, -0.2) is 3.79 Å². The van der Waals surface area contributed by atoms with Gasteiger partial charge >= 0.3 is 0 Å². The van der Waals surface area contributed by atoms with Gasteiger partial charge in [0.15, 0.2) is 3.79 Å². The molecule has 0 N–H and O–H groups in total. The normalized spacial score (nSPS) is 19.3. The average molecular weight is 314 g/mol. The first-order valence-electron chi connectivity index (χ1n) is 7.62. The number of unbranched alkanes of at least 4 members (excludes halogenated alkanes) is 5. The molecule has 0 nitrogen and oxygen atoms in total. The highest BCUT2D eigenvalue weighted by molar-refractivity contribution is 6.67. The molecule has 0 bridgehead atoms. The molecule has 0 heterocycles. The van der Waals surface area contributed by atoms with Crippen LogP contribution in [-0.2, 0) is 0 Å². The fourth-order valence-electron chi connectivity index (χ4n) is 3.17. The molecule has 1 saturated carbocycles. The van der Waals surface area contributed by atoms with Crippen molar-refractivity contribution in [3.63, 3.8) is 0 Å². The van der Waals surface area contributed by atoms with Crippen LogP contribution in [0.1, 0.15) is 77.6 Å². The van der Waals surface area contributed by atoms with Gasteiger partial charge in [-0.1, -0.05) is 106 Å². The summed E-state index contributed by atoms with van der Waals surface area (Å²) in [4.78, 5) is 0. The van der Waals surface area contributed by atoms with E-state index in [-0.39, 0.29) is 5.92 Å². The van der Waals surface area contributed by atoms with Crippen LogP contribution in [0, 0.1) is 11.8 Å². The van der Waals surface area contributed by atoms with Gasteiger partial charge in [-0.15, -0.1) is 0 Å². The Bertz CT molecular complexity index is 204. The minimum Gasteiger partial charge on any atom is -0.0834 e. The Balaban J connectivity index is 2.24. The molecule has 1 aliphatic rings. The molecule has 0 amide bonds. The topological polar surface area (TPSA) is 0 Å². The van der Waals surface area contributed by atoms with E-state index in [1.165, 1.54) is 64.2 Å². The van der Waals surface area contributed by atoms with Crippen molar-refractivity contribution in [1.82, 2.24) is 0 Å². The number of alkyl halides is 3. The summed E-state index contributed by atoms with van der Waals surface area (Å²) in [6.45, 7) is 2.25. The highest BCUT2D eigenvalue weighted by Crippen LogP contribution is 2.47. The van der Waals surface area contributed by atoms with Gasteiger partial charge in [0.1, 0.15) is 0 Å². The van der Waals surface area contributed by atoms with E-state index in [9.17, 15) is 0 Å². The van der Waals surface area contributed by atoms with Crippen molar-refractivity contribution in [1.29, 1.82) is 0 Å². The average Bonchev–Trinajstić information content (AvgIpc) is 2.79. The summed E-state index contributed by atoms with van der Waals surface area (Å²) in [5.74, 6) is 0.921. The lowest BCUT2D eigenvalue weighted by atomic mass is 9.87. The Hall–Kier alpha value is 0.870. The van der Waals surface area contributed by atoms with Gasteiger partial charge < -0.3 is 0 Å². The maximum atomic E-state index is 6.17. The standard InChI is InChI=1S/C15H27Cl3/c1-2-3-4-5-6-7-12-14(15(16,17)18)13-10-8-9-11-13/h13-14H,2-12H2,1H3. The Kier molecular flexibility index (Phi) is 8.39. The Morgan fingerprint density at radius 2 is 1.50 bits per heavy atom. The maximum Gasteiger partial charge on any atom is 0.193 e. The monoisotopic (exact) mass is 312 g/mol. The highest BCUT2D eigenvalue weighted by atomic mass is 35.6. The second-order valence-corrected chi connectivity index (χ2v) is 8.12. The first-order valence-corrected chi connectivity index (χ1v) is 8.75. The summed E-state index contributed by atoms with van der Waals surface area (Å²) in [5.41, 5.74) is 0. The lowest BCUT2D eigenvalue weighted by Crippen LogP contribution is -2.26. The first kappa shape index (κ1) is 16.9. The molecule has 1 aliphatic carbocycles. The third kappa shape index (κ3) is 6.35. The van der Waals surface area contributed by atoms with E-state index >= 15 is 0 Å². The molecular formula is C15H27Cl3. The fourth-order valence-corrected chi connectivity index (χ4v) is 4.03. The molecule has 0 spiro atoms. The number of rotatable bonds is 8. The van der Waals surface area contributed by atoms with Crippen LogP contribution in [0.2, 0.25) is 0 Å². The zero-order chi connectivity index (χ0) is 13.4. The van der Waals surface area contributed by atoms with Crippen LogP contribution in [0.4, 0.5) is 0 Å². The minimum atomic E-state index is -1.06. The molecule has 1 unspecified atom stereocenters. The SMILES string of the molecule is CCCCCCCCC(C1CCCC1)C(Cl)(Cl)Cl. The quantitative estimate of drug-likeness (QED) is 0.337. The van der Waals surface area contributed by atoms with Gasteiger partial charge in [0.25, 0.3) is 0 Å². The van der Waals surface area contributed by atoms with Gasteiger partial charge in [0.05, 0.1) is 0 Å². The van der Waals surface area contributed by atoms with E-state index in [1.54, 1.807) is 0 Å². The van der Waals surface area contributed by atoms with Gasteiger partial charge in [0.2, 0.25) is 0 Å². The smallest absolute Gasteiger partial charge is 0.0834 e. The van der Waals surface area contributed by atoms with Gasteiger partial charge in [-0.3, -0.25) is 0 Å². The van der Waals surface area contributed by atoms with Gasteiger partial charge in [-0.2, -0.15) is 0 Å². The third-order valence-corrected chi connectivity index (χ3v) is 5.10. The Labute approximate surface area is 128 Å². The summed E-state index contributed by atoms with van der Waals surface area (Å²) in [5, 5.41) is 0. The minimum absolute atomic E-state index is 0.274. The molecule has 18 heavy (non-hydrogen) atoms. The lowest BCUT2D eigenvalue weighted by Gasteiger charge is -2.30. The zero-order valence-electron chi connectivity index (χ0n) is 11.6. The maximum absolute atomic E-state index is 6.17. The molecular weight excluding hydrogens is 287 g/mol. The number of hydrogen-bond donors (Lipinski definition) is 0. The van der Waals surface area contributed by atoms with E-state index in [0.717, 1.165) is 6.42 Å². The molecule has 0 aromatic rings. The molecule has 0 saturated heterocycles. The Morgan fingerprint density at radius 1 is 0.944 bits per heavy atom. The molecule has 0 aliphatic heterocycles. The van der Waals surface area contributed by atoms with Gasteiger partial charge in [0, 0.05) is 5.92 Å². The van der Waals surface area contributed by atoms with Crippen LogP contribution in [0.15, 0.2) is 0 Å². The van der Waals surface area contributed by atoms with Crippen LogP contribution in [0.5, 0.6) is 0 Å². The highest BCUT2D eigenvalue weighted by Gasteiger charge is 2.38. The van der Waals surface area contributed by atoms with Crippen molar-refractivity contribution in [2.45, 2.75) is 81.3 Å². The molecule has 0 aromatic carbocycles. The molecule has 3 heteroatoms. The van der Waals surface area contributed by atoms with Crippen molar-refractivity contribution in [2.75, 3.05) is 0 Å². The summed E-state index contributed by atoms with van der Waals surface area (Å²) in [6.07, 6.45) is 14.1. The predicted molar refractivity (Wildman–Crippen MR) is 83.7 cm³/mol. The van der Waals surface area contributed by atoms with Crippen molar-refractivity contribution in [3.8, 4) is 0 Å². The fraction of sp³-hybridized carbons (Fsp3) is 1.00. The lowest BCUT2D eigenvalue weighted by molar-refractivity contribution is 0.311. The molecule has 1 rings (SSSR count). The number of halogens is 3. The molecule has 1 fully saturated rings. The van der Waals surface area contributed by atoms with E-state index in [2.05, 4.69) is 6.92 Å². The molecule has 0 radical (unpaired) electrons. The molecule has 0 aromatic heterocycles. The molecule has 1 atom stereocenters. The van der Waals surface area contributed by atoms with E-state index in [4.69, 9.17) is 34.8 Å². The summed E-state index contributed by atoms with van der Waals surface area (Å²) in [6, 6.07) is 0.